The molecule has 0 bridgehead atoms. The van der Waals surface area contributed by atoms with Gasteiger partial charge < -0.3 is 1.43 Å². The van der Waals surface area contributed by atoms with Gasteiger partial charge in [-0.25, -0.2) is 0 Å². The Balaban J connectivity index is 0.00000169. The molecule has 1 amide bonds. The van der Waals surface area contributed by atoms with Crippen molar-refractivity contribution in [1.82, 2.24) is 5.32 Å². The van der Waals surface area contributed by atoms with Gasteiger partial charge in [-0.05, 0) is 34.5 Å². The van der Waals surface area contributed by atoms with E-state index in [0.717, 1.165) is 28.5 Å². The number of hydrogen-bond acceptors (Lipinski definition) is 4. The smallest absolute Gasteiger partial charge is 1.00 e. The van der Waals surface area contributed by atoms with Crippen LogP contribution in [0.3, 0.4) is 0 Å². The van der Waals surface area contributed by atoms with Crippen LogP contribution < -0.4 is 34.9 Å². The van der Waals surface area contributed by atoms with E-state index in [9.17, 15) is 4.79 Å². The molecule has 0 unspecified atom stereocenters. The average Bonchev–Trinajstić information content (AvgIpc) is 2.95. The van der Waals surface area contributed by atoms with E-state index >= 15 is 0 Å². The van der Waals surface area contributed by atoms with Crippen molar-refractivity contribution in [3.05, 3.63) is 76.2 Å². The maximum absolute atomic E-state index is 11.8. The molecule has 4 nitrogen and oxygen atoms in total. The zero-order valence-corrected chi connectivity index (χ0v) is 16.5. The predicted molar refractivity (Wildman–Crippen MR) is 99.7 cm³/mol. The Morgan fingerprint density at radius 1 is 1.00 bits per heavy atom. The first-order chi connectivity index (χ1) is 11.7. The number of carbonyl (C=O) groups excluding carboxylic acids is 1. The predicted octanol–water partition coefficient (Wildman–Crippen LogP) is 1.01. The van der Waals surface area contributed by atoms with Crippen LogP contribution in [0, 0.1) is 11.5 Å². The van der Waals surface area contributed by atoms with Crippen LogP contribution >= 0.6 is 11.8 Å². The van der Waals surface area contributed by atoms with Gasteiger partial charge >= 0.3 is 29.6 Å². The average molecular weight is 355 g/mol. The summed E-state index contributed by atoms with van der Waals surface area (Å²) in [6.07, 6.45) is 7.55. The van der Waals surface area contributed by atoms with E-state index in [-0.39, 0.29) is 36.9 Å². The number of thioether (sulfide) groups is 1. The summed E-state index contributed by atoms with van der Waals surface area (Å²) in [5.74, 6) is -0.234. The molecule has 1 N–H and O–H groups in total. The number of nitriles is 1. The molecule has 1 aliphatic heterocycles. The van der Waals surface area contributed by atoms with Crippen molar-refractivity contribution in [2.45, 2.75) is 0 Å². The summed E-state index contributed by atoms with van der Waals surface area (Å²) < 4.78 is 0. The van der Waals surface area contributed by atoms with Crippen LogP contribution in [0.25, 0.3) is 18.2 Å². The maximum atomic E-state index is 11.8. The molecule has 2 aromatic carbocycles. The first-order valence-corrected chi connectivity index (χ1v) is 8.07. The van der Waals surface area contributed by atoms with E-state index in [2.05, 4.69) is 16.4 Å². The topological polar surface area (TPSA) is 65.2 Å². The van der Waals surface area contributed by atoms with Crippen LogP contribution in [0.4, 0.5) is 0 Å². The second-order valence-electron chi connectivity index (χ2n) is 4.99. The molecule has 0 aromatic heterocycles. The molecule has 0 saturated carbocycles. The number of nitrogens with one attached hydrogen (secondary N) is 1. The van der Waals surface area contributed by atoms with Crippen molar-refractivity contribution >= 4 is 41.1 Å². The van der Waals surface area contributed by atoms with Crippen molar-refractivity contribution in [3.63, 3.8) is 0 Å². The summed E-state index contributed by atoms with van der Waals surface area (Å²) in [6, 6.07) is 18.0. The molecule has 1 aliphatic rings. The van der Waals surface area contributed by atoms with Crippen LogP contribution in [0.1, 0.15) is 18.1 Å². The van der Waals surface area contributed by atoms with Gasteiger partial charge in [0.25, 0.3) is 5.91 Å². The molecule has 0 spiro atoms. The molecule has 25 heavy (non-hydrogen) atoms. The van der Waals surface area contributed by atoms with Crippen molar-refractivity contribution in [2.75, 3.05) is 0 Å². The van der Waals surface area contributed by atoms with Gasteiger partial charge in [0.2, 0.25) is 6.19 Å². The Morgan fingerprint density at radius 3 is 2.24 bits per heavy atom. The van der Waals surface area contributed by atoms with Gasteiger partial charge in [-0.3, -0.25) is 10.1 Å². The molecule has 118 valence electrons. The standard InChI is InChI=1S/C19H13N3OS.Na.H/c20-13-21-19-22-18(23)17(24-19)12-16-10-8-15(9-11-16)7-6-14-4-2-1-3-5-14;;/h1-12H,(H,21,22,23);;/q;+1;-1/b7-6+,17-12?;;. The number of nitrogens with zero attached hydrogens (tertiary/aromatic N) is 2. The third-order valence-electron chi connectivity index (χ3n) is 3.30. The number of aliphatic imine (C=N–C) groups is 1. The molecule has 0 radical (unpaired) electrons. The third-order valence-corrected chi connectivity index (χ3v) is 4.21. The molecule has 1 fully saturated rings. The molecule has 2 aromatic rings. The van der Waals surface area contributed by atoms with Crippen LogP contribution in [0.15, 0.2) is 64.5 Å². The van der Waals surface area contributed by atoms with E-state index < -0.39 is 0 Å². The third kappa shape index (κ3) is 5.45. The fourth-order valence-electron chi connectivity index (χ4n) is 2.14. The number of amides is 1. The molecular weight excluding hydrogens is 341 g/mol. The minimum absolute atomic E-state index is 0. The van der Waals surface area contributed by atoms with Crippen LogP contribution in [0.5, 0.6) is 0 Å². The summed E-state index contributed by atoms with van der Waals surface area (Å²) in [4.78, 5) is 15.8. The number of rotatable bonds is 3. The molecule has 1 heterocycles. The summed E-state index contributed by atoms with van der Waals surface area (Å²) in [5.41, 5.74) is 3.14. The fourth-order valence-corrected chi connectivity index (χ4v) is 2.91. The zero-order valence-electron chi connectivity index (χ0n) is 14.6. The van der Waals surface area contributed by atoms with Gasteiger partial charge in [0.15, 0.2) is 5.17 Å². The first kappa shape index (κ1) is 19.2. The molecule has 3 rings (SSSR count). The molecular formula is C19H14N3NaOS. The fraction of sp³-hybridized carbons (Fsp3) is 0. The monoisotopic (exact) mass is 355 g/mol. The number of carbonyl (C=O) groups is 1. The second kappa shape index (κ2) is 9.40. The first-order valence-electron chi connectivity index (χ1n) is 7.25. The van der Waals surface area contributed by atoms with E-state index in [4.69, 9.17) is 5.26 Å². The maximum Gasteiger partial charge on any atom is 1.00 e. The second-order valence-corrected chi connectivity index (χ2v) is 6.02. The van der Waals surface area contributed by atoms with Gasteiger partial charge in [0, 0.05) is 0 Å². The van der Waals surface area contributed by atoms with Crippen molar-refractivity contribution in [3.8, 4) is 6.19 Å². The Labute approximate surface area is 174 Å². The SMILES string of the molecule is N#CN=C1NC(=O)C(=Cc2ccc(/C=C/c3ccccc3)cc2)S1.[H-].[Na+]. The summed E-state index contributed by atoms with van der Waals surface area (Å²) in [5, 5.41) is 11.4. The van der Waals surface area contributed by atoms with Gasteiger partial charge in [-0.1, -0.05) is 66.7 Å². The Hall–Kier alpha value is -2.10. The van der Waals surface area contributed by atoms with Gasteiger partial charge in [-0.2, -0.15) is 5.26 Å². The van der Waals surface area contributed by atoms with Gasteiger partial charge in [0.1, 0.15) is 0 Å². The molecule has 6 heteroatoms. The van der Waals surface area contributed by atoms with E-state index in [1.54, 1.807) is 12.3 Å². The van der Waals surface area contributed by atoms with Gasteiger partial charge in [0.05, 0.1) is 4.91 Å². The number of hydrogen-bond donors (Lipinski definition) is 1. The quantitative estimate of drug-likeness (QED) is 0.387. The molecule has 0 aliphatic carbocycles. The Bertz CT molecular complexity index is 887. The Morgan fingerprint density at radius 2 is 1.60 bits per heavy atom. The number of amidine groups is 1. The molecule has 0 atom stereocenters. The normalized spacial score (nSPS) is 16.7. The largest absolute Gasteiger partial charge is 1.00 e. The van der Waals surface area contributed by atoms with E-state index in [0.29, 0.717) is 10.1 Å². The van der Waals surface area contributed by atoms with E-state index in [1.165, 1.54) is 0 Å². The van der Waals surface area contributed by atoms with Crippen molar-refractivity contribution < 1.29 is 35.8 Å². The van der Waals surface area contributed by atoms with Crippen molar-refractivity contribution in [1.29, 1.82) is 5.26 Å². The van der Waals surface area contributed by atoms with Crippen molar-refractivity contribution in [2.24, 2.45) is 4.99 Å². The minimum atomic E-state index is -0.234. The van der Waals surface area contributed by atoms with Crippen LogP contribution in [-0.4, -0.2) is 11.1 Å². The van der Waals surface area contributed by atoms with Crippen LogP contribution in [-0.2, 0) is 4.79 Å². The van der Waals surface area contributed by atoms with Gasteiger partial charge in [-0.15, -0.1) is 4.99 Å². The summed E-state index contributed by atoms with van der Waals surface area (Å²) in [6.45, 7) is 0. The zero-order chi connectivity index (χ0) is 16.8. The summed E-state index contributed by atoms with van der Waals surface area (Å²) >= 11 is 1.16. The Kier molecular flexibility index (Phi) is 7.23. The van der Waals surface area contributed by atoms with Crippen LogP contribution in [0.2, 0.25) is 0 Å². The molecule has 1 saturated heterocycles. The minimum Gasteiger partial charge on any atom is -1.00 e. The summed E-state index contributed by atoms with van der Waals surface area (Å²) in [7, 11) is 0. The van der Waals surface area contributed by atoms with E-state index in [1.807, 2.05) is 60.7 Å². The number of benzene rings is 2.